The first-order valence-corrected chi connectivity index (χ1v) is 12.8. The van der Waals surface area contributed by atoms with Gasteiger partial charge in [-0.1, -0.05) is 27.7 Å². The molecular weight excluding hydrogens is 408 g/mol. The lowest BCUT2D eigenvalue weighted by Crippen LogP contribution is -2.38. The molecule has 0 amide bonds. The van der Waals surface area contributed by atoms with Crippen LogP contribution in [-0.4, -0.2) is 64.6 Å². The quantitative estimate of drug-likeness (QED) is 0.261. The number of nitrogens with one attached hydrogen (secondary N) is 2. The standard InChI is InChI=1S/C20H38N4O3S2/c1-6-21-20(22-13-9-15-27-16-17(4)5)23-14-12-18-10-11-19(28-18)29(25,26)24(7-2)8-3/h10-11,17H,6-9,12-16H2,1-5H3,(H2,21,22,23). The van der Waals surface area contributed by atoms with Gasteiger partial charge in [-0.3, -0.25) is 4.99 Å². The summed E-state index contributed by atoms with van der Waals surface area (Å²) in [6.07, 6.45) is 1.64. The first-order valence-electron chi connectivity index (χ1n) is 10.5. The summed E-state index contributed by atoms with van der Waals surface area (Å²) in [5.74, 6) is 1.33. The maximum Gasteiger partial charge on any atom is 0.252 e. The predicted molar refractivity (Wildman–Crippen MR) is 122 cm³/mol. The smallest absolute Gasteiger partial charge is 0.252 e. The molecule has 0 aliphatic rings. The Bertz CT molecular complexity index is 698. The van der Waals surface area contributed by atoms with Gasteiger partial charge >= 0.3 is 0 Å². The molecule has 9 heteroatoms. The van der Waals surface area contributed by atoms with Crippen LogP contribution in [0.25, 0.3) is 0 Å². The highest BCUT2D eigenvalue weighted by Crippen LogP contribution is 2.25. The molecule has 0 aliphatic carbocycles. The topological polar surface area (TPSA) is 83.0 Å². The third-order valence-electron chi connectivity index (χ3n) is 4.11. The van der Waals surface area contributed by atoms with Crippen LogP contribution in [0, 0.1) is 5.92 Å². The summed E-state index contributed by atoms with van der Waals surface area (Å²) in [6, 6.07) is 3.61. The molecule has 7 nitrogen and oxygen atoms in total. The van der Waals surface area contributed by atoms with Crippen molar-refractivity contribution >= 4 is 27.3 Å². The highest BCUT2D eigenvalue weighted by molar-refractivity contribution is 7.91. The fraction of sp³-hybridized carbons (Fsp3) is 0.750. The van der Waals surface area contributed by atoms with E-state index in [1.807, 2.05) is 26.8 Å². The fourth-order valence-electron chi connectivity index (χ4n) is 2.64. The minimum atomic E-state index is -3.37. The van der Waals surface area contributed by atoms with Gasteiger partial charge in [-0.05, 0) is 37.8 Å². The molecule has 1 aromatic rings. The van der Waals surface area contributed by atoms with Crippen molar-refractivity contribution in [2.24, 2.45) is 10.9 Å². The molecule has 0 saturated heterocycles. The van der Waals surface area contributed by atoms with Gasteiger partial charge in [0.05, 0.1) is 0 Å². The van der Waals surface area contributed by atoms with Crippen molar-refractivity contribution in [2.45, 2.75) is 51.7 Å². The van der Waals surface area contributed by atoms with Crippen molar-refractivity contribution in [3.8, 4) is 0 Å². The predicted octanol–water partition coefficient (Wildman–Crippen LogP) is 2.94. The van der Waals surface area contributed by atoms with Gasteiger partial charge in [0.2, 0.25) is 0 Å². The first kappa shape index (κ1) is 25.9. The van der Waals surface area contributed by atoms with Crippen LogP contribution < -0.4 is 10.6 Å². The van der Waals surface area contributed by atoms with E-state index in [4.69, 9.17) is 4.74 Å². The largest absolute Gasteiger partial charge is 0.381 e. The summed E-state index contributed by atoms with van der Waals surface area (Å²) in [5.41, 5.74) is 0. The van der Waals surface area contributed by atoms with E-state index in [9.17, 15) is 8.42 Å². The maximum absolute atomic E-state index is 12.6. The van der Waals surface area contributed by atoms with Gasteiger partial charge in [0.1, 0.15) is 4.21 Å². The van der Waals surface area contributed by atoms with Gasteiger partial charge in [-0.2, -0.15) is 4.31 Å². The summed E-state index contributed by atoms with van der Waals surface area (Å²) < 4.78 is 32.7. The van der Waals surface area contributed by atoms with Crippen LogP contribution in [0.3, 0.4) is 0 Å². The Morgan fingerprint density at radius 2 is 1.93 bits per heavy atom. The van der Waals surface area contributed by atoms with Crippen molar-refractivity contribution in [2.75, 3.05) is 45.9 Å². The molecule has 29 heavy (non-hydrogen) atoms. The van der Waals surface area contributed by atoms with Gasteiger partial charge in [0.25, 0.3) is 10.0 Å². The first-order chi connectivity index (χ1) is 13.8. The normalized spacial score (nSPS) is 12.7. The SMILES string of the molecule is CCNC(=NCCCOCC(C)C)NCCc1ccc(S(=O)(=O)N(CC)CC)s1. The second kappa shape index (κ2) is 14.0. The Hall–Kier alpha value is -1.16. The van der Waals surface area contributed by atoms with Crippen LogP contribution in [0.1, 0.15) is 45.9 Å². The van der Waals surface area contributed by atoms with E-state index in [2.05, 4.69) is 29.5 Å². The van der Waals surface area contributed by atoms with Crippen LogP contribution in [0.4, 0.5) is 0 Å². The van der Waals surface area contributed by atoms with E-state index in [0.717, 1.165) is 43.4 Å². The van der Waals surface area contributed by atoms with Crippen LogP contribution in [0.2, 0.25) is 0 Å². The summed E-state index contributed by atoms with van der Waals surface area (Å²) in [5, 5.41) is 6.55. The molecule has 0 atom stereocenters. The van der Waals surface area contributed by atoms with Crippen molar-refractivity contribution in [3.05, 3.63) is 17.0 Å². The highest BCUT2D eigenvalue weighted by Gasteiger charge is 2.23. The van der Waals surface area contributed by atoms with E-state index in [0.29, 0.717) is 36.3 Å². The molecule has 0 bridgehead atoms. The molecule has 0 aliphatic heterocycles. The molecule has 168 valence electrons. The van der Waals surface area contributed by atoms with Crippen LogP contribution in [-0.2, 0) is 21.2 Å². The Balaban J connectivity index is 2.49. The number of ether oxygens (including phenoxy) is 1. The lowest BCUT2D eigenvalue weighted by Gasteiger charge is -2.16. The van der Waals surface area contributed by atoms with Crippen LogP contribution in [0.15, 0.2) is 21.3 Å². The van der Waals surface area contributed by atoms with Gasteiger partial charge in [0, 0.05) is 50.8 Å². The highest BCUT2D eigenvalue weighted by atomic mass is 32.2. The Morgan fingerprint density at radius 3 is 2.55 bits per heavy atom. The zero-order valence-electron chi connectivity index (χ0n) is 18.5. The minimum Gasteiger partial charge on any atom is -0.381 e. The lowest BCUT2D eigenvalue weighted by molar-refractivity contribution is 0.109. The number of thiophene rings is 1. The van der Waals surface area contributed by atoms with Crippen molar-refractivity contribution in [3.63, 3.8) is 0 Å². The summed E-state index contributed by atoms with van der Waals surface area (Å²) >= 11 is 1.35. The minimum absolute atomic E-state index is 0.415. The number of guanidine groups is 1. The number of aliphatic imine (C=N–C) groups is 1. The molecule has 0 spiro atoms. The third kappa shape index (κ3) is 9.46. The van der Waals surface area contributed by atoms with E-state index in [1.54, 1.807) is 6.07 Å². The number of rotatable bonds is 14. The zero-order valence-corrected chi connectivity index (χ0v) is 20.2. The monoisotopic (exact) mass is 446 g/mol. The van der Waals surface area contributed by atoms with Crippen LogP contribution in [0.5, 0.6) is 0 Å². The van der Waals surface area contributed by atoms with Crippen molar-refractivity contribution in [1.29, 1.82) is 0 Å². The molecule has 1 aromatic heterocycles. The summed E-state index contributed by atoms with van der Waals surface area (Å²) in [6.45, 7) is 14.7. The number of nitrogens with zero attached hydrogens (tertiary/aromatic N) is 2. The molecule has 0 unspecified atom stereocenters. The van der Waals surface area contributed by atoms with E-state index in [-0.39, 0.29) is 0 Å². The average Bonchev–Trinajstić information content (AvgIpc) is 3.15. The second-order valence-electron chi connectivity index (χ2n) is 7.07. The third-order valence-corrected chi connectivity index (χ3v) is 7.77. The second-order valence-corrected chi connectivity index (χ2v) is 10.4. The van der Waals surface area contributed by atoms with Gasteiger partial charge < -0.3 is 15.4 Å². The van der Waals surface area contributed by atoms with E-state index < -0.39 is 10.0 Å². The number of sulfonamides is 1. The summed E-state index contributed by atoms with van der Waals surface area (Å²) in [4.78, 5) is 5.61. The number of hydrogen-bond acceptors (Lipinski definition) is 5. The van der Waals surface area contributed by atoms with Crippen molar-refractivity contribution < 1.29 is 13.2 Å². The zero-order chi connectivity index (χ0) is 21.7. The average molecular weight is 447 g/mol. The van der Waals surface area contributed by atoms with E-state index >= 15 is 0 Å². The fourth-order valence-corrected chi connectivity index (χ4v) is 5.61. The molecule has 1 heterocycles. The van der Waals surface area contributed by atoms with E-state index in [1.165, 1.54) is 15.6 Å². The molecule has 0 aromatic carbocycles. The maximum atomic E-state index is 12.6. The Kier molecular flexibility index (Phi) is 12.4. The molecule has 0 radical (unpaired) electrons. The summed E-state index contributed by atoms with van der Waals surface area (Å²) in [7, 11) is -3.37. The molecular formula is C20H38N4O3S2. The van der Waals surface area contributed by atoms with Gasteiger partial charge in [-0.25, -0.2) is 8.42 Å². The van der Waals surface area contributed by atoms with Gasteiger partial charge in [0.15, 0.2) is 5.96 Å². The molecule has 1 rings (SSSR count). The Labute approximate surface area is 181 Å². The molecule has 2 N–H and O–H groups in total. The lowest BCUT2D eigenvalue weighted by atomic mass is 10.2. The van der Waals surface area contributed by atoms with Crippen molar-refractivity contribution in [1.82, 2.24) is 14.9 Å². The Morgan fingerprint density at radius 1 is 1.21 bits per heavy atom. The van der Waals surface area contributed by atoms with Crippen LogP contribution >= 0.6 is 11.3 Å². The number of hydrogen-bond donors (Lipinski definition) is 2. The molecule has 0 fully saturated rings. The van der Waals surface area contributed by atoms with Gasteiger partial charge in [-0.15, -0.1) is 11.3 Å². The molecule has 0 saturated carbocycles.